The van der Waals surface area contributed by atoms with E-state index >= 15 is 0 Å². The molecule has 1 heterocycles. The van der Waals surface area contributed by atoms with E-state index in [2.05, 4.69) is 38.1 Å². The van der Waals surface area contributed by atoms with Crippen molar-refractivity contribution in [1.82, 2.24) is 4.90 Å². The van der Waals surface area contributed by atoms with Gasteiger partial charge in [-0.05, 0) is 41.5 Å². The van der Waals surface area contributed by atoms with Crippen molar-refractivity contribution < 1.29 is 4.79 Å². The number of nitrogens with zero attached hydrogens (tertiary/aromatic N) is 1. The van der Waals surface area contributed by atoms with Gasteiger partial charge in [-0.25, -0.2) is 0 Å². The first-order valence-corrected chi connectivity index (χ1v) is 8.03. The largest absolute Gasteiger partial charge is 0.339 e. The smallest absolute Gasteiger partial charge is 0.254 e. The minimum Gasteiger partial charge on any atom is -0.339 e. The Labute approximate surface area is 126 Å². The minimum absolute atomic E-state index is 0.222. The Bertz CT molecular complexity index is 656. The lowest BCUT2D eigenvalue weighted by atomic mass is 9.89. The molecule has 0 aliphatic carbocycles. The number of fused-ring (bicyclic) bond motifs is 1. The van der Waals surface area contributed by atoms with E-state index in [1.54, 1.807) is 0 Å². The Morgan fingerprint density at radius 2 is 1.86 bits per heavy atom. The molecule has 0 bridgehead atoms. The van der Waals surface area contributed by atoms with Crippen molar-refractivity contribution >= 4 is 16.7 Å². The Balaban J connectivity index is 2.17. The van der Waals surface area contributed by atoms with E-state index in [0.29, 0.717) is 5.92 Å². The van der Waals surface area contributed by atoms with Crippen LogP contribution in [0.4, 0.5) is 0 Å². The molecule has 110 valence electrons. The molecule has 2 nitrogen and oxygen atoms in total. The number of rotatable bonds is 3. The number of likely N-dealkylation sites (tertiary alicyclic amines) is 1. The maximum atomic E-state index is 13.0. The number of hydrogen-bond acceptors (Lipinski definition) is 1. The zero-order valence-electron chi connectivity index (χ0n) is 12.9. The maximum absolute atomic E-state index is 13.0. The van der Waals surface area contributed by atoms with Crippen LogP contribution in [0.25, 0.3) is 10.8 Å². The molecule has 0 spiro atoms. The average molecular weight is 281 g/mol. The van der Waals surface area contributed by atoms with Crippen LogP contribution in [0.3, 0.4) is 0 Å². The molecular formula is C19H23NO. The molecule has 1 atom stereocenters. The summed E-state index contributed by atoms with van der Waals surface area (Å²) in [4.78, 5) is 15.0. The van der Waals surface area contributed by atoms with Crippen molar-refractivity contribution in [2.75, 3.05) is 13.1 Å². The number of benzene rings is 2. The summed E-state index contributed by atoms with van der Waals surface area (Å²) in [5, 5.41) is 2.26. The minimum atomic E-state index is 0.222. The molecule has 0 aromatic heterocycles. The van der Waals surface area contributed by atoms with Crippen LogP contribution in [0.5, 0.6) is 0 Å². The fourth-order valence-electron chi connectivity index (χ4n) is 3.24. The van der Waals surface area contributed by atoms with Gasteiger partial charge < -0.3 is 4.90 Å². The van der Waals surface area contributed by atoms with E-state index in [1.807, 2.05) is 17.0 Å². The van der Waals surface area contributed by atoms with Crippen LogP contribution in [0.2, 0.25) is 0 Å². The van der Waals surface area contributed by atoms with Gasteiger partial charge in [-0.3, -0.25) is 4.79 Å². The lowest BCUT2D eigenvalue weighted by Crippen LogP contribution is -2.29. The first kappa shape index (κ1) is 14.1. The molecule has 1 unspecified atom stereocenters. The SMILES string of the molecule is CCC(C)c1ccc2ccccc2c1C(=O)N1CCCC1. The van der Waals surface area contributed by atoms with Crippen molar-refractivity contribution in [3.05, 3.63) is 47.5 Å². The van der Waals surface area contributed by atoms with Gasteiger partial charge in [0, 0.05) is 13.1 Å². The van der Waals surface area contributed by atoms with Gasteiger partial charge in [-0.2, -0.15) is 0 Å². The molecule has 0 saturated carbocycles. The van der Waals surface area contributed by atoms with E-state index in [1.165, 1.54) is 5.56 Å². The fraction of sp³-hybridized carbons (Fsp3) is 0.421. The molecular weight excluding hydrogens is 258 g/mol. The van der Waals surface area contributed by atoms with E-state index < -0.39 is 0 Å². The van der Waals surface area contributed by atoms with Crippen LogP contribution in [-0.2, 0) is 0 Å². The normalized spacial score (nSPS) is 16.4. The highest BCUT2D eigenvalue weighted by Gasteiger charge is 2.25. The second kappa shape index (κ2) is 5.88. The molecule has 1 aliphatic heterocycles. The average Bonchev–Trinajstić information content (AvgIpc) is 3.06. The molecule has 1 aliphatic rings. The third kappa shape index (κ3) is 2.55. The number of amides is 1. The van der Waals surface area contributed by atoms with Gasteiger partial charge in [0.15, 0.2) is 0 Å². The number of hydrogen-bond donors (Lipinski definition) is 0. The van der Waals surface area contributed by atoms with Gasteiger partial charge in [-0.1, -0.05) is 50.2 Å². The monoisotopic (exact) mass is 281 g/mol. The van der Waals surface area contributed by atoms with E-state index in [9.17, 15) is 4.79 Å². The van der Waals surface area contributed by atoms with Gasteiger partial charge in [0.25, 0.3) is 5.91 Å². The topological polar surface area (TPSA) is 20.3 Å². The third-order valence-electron chi connectivity index (χ3n) is 4.71. The molecule has 21 heavy (non-hydrogen) atoms. The number of carbonyl (C=O) groups is 1. The number of carbonyl (C=O) groups excluding carboxylic acids is 1. The molecule has 1 amide bonds. The zero-order valence-corrected chi connectivity index (χ0v) is 12.9. The van der Waals surface area contributed by atoms with Gasteiger partial charge in [0.1, 0.15) is 0 Å². The molecule has 1 fully saturated rings. The molecule has 2 aromatic carbocycles. The van der Waals surface area contributed by atoms with Crippen LogP contribution in [0, 0.1) is 0 Å². The summed E-state index contributed by atoms with van der Waals surface area (Å²) in [6, 6.07) is 12.6. The fourth-order valence-corrected chi connectivity index (χ4v) is 3.24. The summed E-state index contributed by atoms with van der Waals surface area (Å²) in [6.45, 7) is 6.21. The Morgan fingerprint density at radius 3 is 2.57 bits per heavy atom. The predicted molar refractivity (Wildman–Crippen MR) is 87.8 cm³/mol. The van der Waals surface area contributed by atoms with E-state index in [-0.39, 0.29) is 5.91 Å². The molecule has 2 aromatic rings. The van der Waals surface area contributed by atoms with Gasteiger partial charge in [0.2, 0.25) is 0 Å². The lowest BCUT2D eigenvalue weighted by Gasteiger charge is -2.22. The summed E-state index contributed by atoms with van der Waals surface area (Å²) >= 11 is 0. The predicted octanol–water partition coefficient (Wildman–Crippen LogP) is 4.59. The highest BCUT2D eigenvalue weighted by molar-refractivity contribution is 6.08. The van der Waals surface area contributed by atoms with E-state index in [4.69, 9.17) is 0 Å². The van der Waals surface area contributed by atoms with Crippen molar-refractivity contribution in [2.24, 2.45) is 0 Å². The lowest BCUT2D eigenvalue weighted by molar-refractivity contribution is 0.0793. The van der Waals surface area contributed by atoms with Gasteiger partial charge >= 0.3 is 0 Å². The summed E-state index contributed by atoms with van der Waals surface area (Å²) in [6.07, 6.45) is 3.32. The Hall–Kier alpha value is -1.83. The first-order valence-electron chi connectivity index (χ1n) is 8.03. The quantitative estimate of drug-likeness (QED) is 0.805. The molecule has 1 saturated heterocycles. The molecule has 0 N–H and O–H groups in total. The second-order valence-electron chi connectivity index (χ2n) is 6.06. The van der Waals surface area contributed by atoms with Crippen LogP contribution in [-0.4, -0.2) is 23.9 Å². The van der Waals surface area contributed by atoms with Crippen LogP contribution >= 0.6 is 0 Å². The second-order valence-corrected chi connectivity index (χ2v) is 6.06. The van der Waals surface area contributed by atoms with Crippen LogP contribution in [0.1, 0.15) is 54.9 Å². The van der Waals surface area contributed by atoms with Crippen LogP contribution in [0.15, 0.2) is 36.4 Å². The summed E-state index contributed by atoms with van der Waals surface area (Å²) in [5.74, 6) is 0.635. The van der Waals surface area contributed by atoms with Crippen molar-refractivity contribution in [3.63, 3.8) is 0 Å². The Morgan fingerprint density at radius 1 is 1.14 bits per heavy atom. The first-order chi connectivity index (χ1) is 10.2. The van der Waals surface area contributed by atoms with Crippen LogP contribution < -0.4 is 0 Å². The molecule has 2 heteroatoms. The highest BCUT2D eigenvalue weighted by atomic mass is 16.2. The zero-order chi connectivity index (χ0) is 14.8. The standard InChI is InChI=1S/C19H23NO/c1-3-14(2)16-11-10-15-8-4-5-9-17(15)18(16)19(21)20-12-6-7-13-20/h4-5,8-11,14H,3,6-7,12-13H2,1-2H3. The third-order valence-corrected chi connectivity index (χ3v) is 4.71. The molecule has 0 radical (unpaired) electrons. The van der Waals surface area contributed by atoms with Crippen molar-refractivity contribution in [2.45, 2.75) is 39.0 Å². The summed E-state index contributed by atoms with van der Waals surface area (Å²) < 4.78 is 0. The summed E-state index contributed by atoms with van der Waals surface area (Å²) in [7, 11) is 0. The highest BCUT2D eigenvalue weighted by Crippen LogP contribution is 2.31. The van der Waals surface area contributed by atoms with Gasteiger partial charge in [-0.15, -0.1) is 0 Å². The molecule has 3 rings (SSSR count). The van der Waals surface area contributed by atoms with E-state index in [0.717, 1.165) is 48.7 Å². The maximum Gasteiger partial charge on any atom is 0.254 e. The van der Waals surface area contributed by atoms with Gasteiger partial charge in [0.05, 0.1) is 5.56 Å². The van der Waals surface area contributed by atoms with Crippen molar-refractivity contribution in [1.29, 1.82) is 0 Å². The Kier molecular flexibility index (Phi) is 3.96. The summed E-state index contributed by atoms with van der Waals surface area (Å²) in [5.41, 5.74) is 2.14. The van der Waals surface area contributed by atoms with Crippen molar-refractivity contribution in [3.8, 4) is 0 Å².